The predicted octanol–water partition coefficient (Wildman–Crippen LogP) is 1.78. The number of anilines is 1. The van der Waals surface area contributed by atoms with Crippen LogP contribution in [0.3, 0.4) is 0 Å². The van der Waals surface area contributed by atoms with Crippen LogP contribution in [0.2, 0.25) is 5.02 Å². The maximum atomic E-state index is 13.0. The lowest BCUT2D eigenvalue weighted by atomic mass is 10.2. The number of rotatable bonds is 5. The summed E-state index contributed by atoms with van der Waals surface area (Å²) in [6.07, 6.45) is 0.394. The van der Waals surface area contributed by atoms with Gasteiger partial charge in [-0.25, -0.2) is 4.39 Å². The summed E-state index contributed by atoms with van der Waals surface area (Å²) in [7, 11) is 1.52. The highest BCUT2D eigenvalue weighted by atomic mass is 35.5. The summed E-state index contributed by atoms with van der Waals surface area (Å²) in [6, 6.07) is 3.08. The molecule has 94 valence electrons. The summed E-state index contributed by atoms with van der Waals surface area (Å²) in [5, 5.41) is 2.70. The molecule has 0 aromatic heterocycles. The Bertz CT molecular complexity index is 381. The molecule has 1 amide bonds. The van der Waals surface area contributed by atoms with Crippen LogP contribution < -0.4 is 11.1 Å². The average Bonchev–Trinajstić information content (AvgIpc) is 2.24. The van der Waals surface area contributed by atoms with Gasteiger partial charge in [0.05, 0.1) is 6.04 Å². The highest BCUT2D eigenvalue weighted by Crippen LogP contribution is 2.18. The molecule has 1 unspecified atom stereocenters. The molecule has 6 heteroatoms. The number of benzene rings is 1. The minimum atomic E-state index is -0.697. The van der Waals surface area contributed by atoms with E-state index in [9.17, 15) is 9.18 Å². The molecule has 1 aromatic carbocycles. The van der Waals surface area contributed by atoms with Gasteiger partial charge in [0.1, 0.15) is 5.82 Å². The third-order valence-corrected chi connectivity index (χ3v) is 2.32. The van der Waals surface area contributed by atoms with E-state index in [1.54, 1.807) is 0 Å². The van der Waals surface area contributed by atoms with Crippen LogP contribution in [0.4, 0.5) is 10.1 Å². The predicted molar refractivity (Wildman–Crippen MR) is 64.5 cm³/mol. The number of nitrogens with two attached hydrogens (primary N) is 1. The number of carbonyl (C=O) groups excluding carboxylic acids is 1. The first-order valence-corrected chi connectivity index (χ1v) is 5.42. The number of hydrogen-bond donors (Lipinski definition) is 2. The van der Waals surface area contributed by atoms with Gasteiger partial charge < -0.3 is 15.8 Å². The van der Waals surface area contributed by atoms with Gasteiger partial charge in [-0.05, 0) is 24.6 Å². The molecule has 0 saturated heterocycles. The first kappa shape index (κ1) is 13.9. The van der Waals surface area contributed by atoms with Gasteiger partial charge in [0.25, 0.3) is 0 Å². The molecule has 0 aliphatic carbocycles. The van der Waals surface area contributed by atoms with Gasteiger partial charge in [0.15, 0.2) is 0 Å². The van der Waals surface area contributed by atoms with Crippen LogP contribution in [-0.2, 0) is 9.53 Å². The molecule has 1 atom stereocenters. The third kappa shape index (κ3) is 4.68. The molecule has 4 nitrogen and oxygen atoms in total. The molecule has 1 aromatic rings. The summed E-state index contributed by atoms with van der Waals surface area (Å²) in [5.41, 5.74) is 5.89. The Labute approximate surface area is 104 Å². The minimum Gasteiger partial charge on any atom is -0.385 e. The fraction of sp³-hybridized carbons (Fsp3) is 0.364. The van der Waals surface area contributed by atoms with Gasteiger partial charge in [0, 0.05) is 24.4 Å². The molecular formula is C11H14ClFN2O2. The lowest BCUT2D eigenvalue weighted by Gasteiger charge is -2.11. The average molecular weight is 261 g/mol. The summed E-state index contributed by atoms with van der Waals surface area (Å²) < 4.78 is 17.8. The first-order chi connectivity index (χ1) is 8.02. The van der Waals surface area contributed by atoms with E-state index in [1.165, 1.54) is 19.2 Å². The molecule has 3 N–H and O–H groups in total. The standard InChI is InChI=1S/C11H14ClFN2O2/c1-17-3-2-10(14)11(16)15-9-5-7(12)4-8(13)6-9/h4-6,10H,2-3,14H2,1H3,(H,15,16). The second-order valence-corrected chi connectivity index (χ2v) is 3.97. The third-order valence-electron chi connectivity index (χ3n) is 2.10. The zero-order valence-corrected chi connectivity index (χ0v) is 10.1. The molecule has 0 saturated carbocycles. The molecule has 0 aliphatic rings. The lowest BCUT2D eigenvalue weighted by Crippen LogP contribution is -2.36. The lowest BCUT2D eigenvalue weighted by molar-refractivity contribution is -0.117. The van der Waals surface area contributed by atoms with Crippen molar-refractivity contribution in [2.45, 2.75) is 12.5 Å². The topological polar surface area (TPSA) is 64.3 Å². The molecular weight excluding hydrogens is 247 g/mol. The quantitative estimate of drug-likeness (QED) is 0.848. The van der Waals surface area contributed by atoms with Crippen molar-refractivity contribution in [2.75, 3.05) is 19.0 Å². The molecule has 0 spiro atoms. The monoisotopic (exact) mass is 260 g/mol. The van der Waals surface area contributed by atoms with Crippen molar-refractivity contribution in [3.05, 3.63) is 29.0 Å². The molecule has 0 bridgehead atoms. The maximum absolute atomic E-state index is 13.0. The van der Waals surface area contributed by atoms with E-state index in [1.807, 2.05) is 0 Å². The van der Waals surface area contributed by atoms with Crippen LogP contribution in [0.5, 0.6) is 0 Å². The SMILES string of the molecule is COCCC(N)C(=O)Nc1cc(F)cc(Cl)c1. The Hall–Kier alpha value is -1.17. The zero-order valence-electron chi connectivity index (χ0n) is 9.37. The zero-order chi connectivity index (χ0) is 12.8. The van der Waals surface area contributed by atoms with E-state index in [-0.39, 0.29) is 10.7 Å². The molecule has 1 rings (SSSR count). The number of hydrogen-bond acceptors (Lipinski definition) is 3. The molecule has 0 heterocycles. The summed E-state index contributed by atoms with van der Waals surface area (Å²) in [5.74, 6) is -0.915. The normalized spacial score (nSPS) is 12.2. The largest absolute Gasteiger partial charge is 0.385 e. The molecule has 17 heavy (non-hydrogen) atoms. The Kier molecular flexibility index (Phi) is 5.34. The maximum Gasteiger partial charge on any atom is 0.241 e. The first-order valence-electron chi connectivity index (χ1n) is 5.04. The second-order valence-electron chi connectivity index (χ2n) is 3.54. The van der Waals surface area contributed by atoms with E-state index in [2.05, 4.69) is 5.32 Å². The van der Waals surface area contributed by atoms with Crippen molar-refractivity contribution < 1.29 is 13.9 Å². The Morgan fingerprint density at radius 3 is 2.88 bits per heavy atom. The summed E-state index contributed by atoms with van der Waals surface area (Å²) >= 11 is 5.65. The van der Waals surface area contributed by atoms with E-state index < -0.39 is 17.8 Å². The number of amides is 1. The van der Waals surface area contributed by atoms with Gasteiger partial charge >= 0.3 is 0 Å². The van der Waals surface area contributed by atoms with Gasteiger partial charge in [-0.3, -0.25) is 4.79 Å². The minimum absolute atomic E-state index is 0.214. The van der Waals surface area contributed by atoms with Crippen LogP contribution in [0, 0.1) is 5.82 Å². The van der Waals surface area contributed by atoms with Crippen molar-refractivity contribution in [1.82, 2.24) is 0 Å². The Morgan fingerprint density at radius 1 is 1.59 bits per heavy atom. The number of halogens is 2. The highest BCUT2D eigenvalue weighted by molar-refractivity contribution is 6.30. The Balaban J connectivity index is 2.61. The molecule has 0 radical (unpaired) electrons. The highest BCUT2D eigenvalue weighted by Gasteiger charge is 2.13. The van der Waals surface area contributed by atoms with Crippen molar-refractivity contribution >= 4 is 23.2 Å². The number of nitrogens with one attached hydrogen (secondary N) is 1. The van der Waals surface area contributed by atoms with Crippen molar-refractivity contribution in [3.63, 3.8) is 0 Å². The number of methoxy groups -OCH3 is 1. The van der Waals surface area contributed by atoms with Gasteiger partial charge in [-0.2, -0.15) is 0 Å². The summed E-state index contributed by atoms with van der Waals surface area (Å²) in [4.78, 5) is 11.6. The van der Waals surface area contributed by atoms with Crippen LogP contribution in [-0.4, -0.2) is 25.7 Å². The van der Waals surface area contributed by atoms with Crippen LogP contribution in [0.15, 0.2) is 18.2 Å². The molecule has 0 fully saturated rings. The Morgan fingerprint density at radius 2 is 2.29 bits per heavy atom. The van der Waals surface area contributed by atoms with Gasteiger partial charge in [-0.15, -0.1) is 0 Å². The second kappa shape index (κ2) is 6.54. The number of ether oxygens (including phenoxy) is 1. The van der Waals surface area contributed by atoms with Crippen molar-refractivity contribution in [1.29, 1.82) is 0 Å². The smallest absolute Gasteiger partial charge is 0.241 e. The van der Waals surface area contributed by atoms with Crippen LogP contribution in [0.25, 0.3) is 0 Å². The fourth-order valence-electron chi connectivity index (χ4n) is 1.24. The number of carbonyl (C=O) groups is 1. The summed E-state index contributed by atoms with van der Waals surface area (Å²) in [6.45, 7) is 0.387. The molecule has 0 aliphatic heterocycles. The van der Waals surface area contributed by atoms with Crippen molar-refractivity contribution in [3.8, 4) is 0 Å². The van der Waals surface area contributed by atoms with E-state index in [0.29, 0.717) is 13.0 Å². The van der Waals surface area contributed by atoms with E-state index >= 15 is 0 Å². The van der Waals surface area contributed by atoms with E-state index in [0.717, 1.165) is 6.07 Å². The van der Waals surface area contributed by atoms with Crippen molar-refractivity contribution in [2.24, 2.45) is 5.73 Å². The van der Waals surface area contributed by atoms with Crippen LogP contribution in [0.1, 0.15) is 6.42 Å². The fourth-order valence-corrected chi connectivity index (χ4v) is 1.46. The van der Waals surface area contributed by atoms with Crippen LogP contribution >= 0.6 is 11.6 Å². The van der Waals surface area contributed by atoms with Gasteiger partial charge in [0.2, 0.25) is 5.91 Å². The van der Waals surface area contributed by atoms with Gasteiger partial charge in [-0.1, -0.05) is 11.6 Å². The van der Waals surface area contributed by atoms with E-state index in [4.69, 9.17) is 22.1 Å².